The Bertz CT molecular complexity index is 1360. The van der Waals surface area contributed by atoms with Crippen LogP contribution in [-0.4, -0.2) is 49.1 Å². The number of ether oxygens (including phenoxy) is 1. The van der Waals surface area contributed by atoms with E-state index in [0.717, 1.165) is 28.2 Å². The topological polar surface area (TPSA) is 106 Å². The molecule has 3 heterocycles. The standard InChI is InChI=1S/C21H22ClN5O.C2HF3O2/c1-21(2,3)18-15(22)17(27(4)26-18)19-23-14-11-13(12-9-7-6-8-10-12)24-20(28-5)16(14)25-19;3-2(4,5)1(6)7/h6-11H,1-5H3,(H,23,25);(H,6,7). The van der Waals surface area contributed by atoms with Crippen LogP contribution >= 0.6 is 11.6 Å². The van der Waals surface area contributed by atoms with E-state index >= 15 is 0 Å². The van der Waals surface area contributed by atoms with Gasteiger partial charge in [-0.15, -0.1) is 0 Å². The molecule has 8 nitrogen and oxygen atoms in total. The number of rotatable bonds is 3. The van der Waals surface area contributed by atoms with E-state index in [1.54, 1.807) is 11.8 Å². The van der Waals surface area contributed by atoms with E-state index in [4.69, 9.17) is 31.2 Å². The number of nitrogens with zero attached hydrogens (tertiary/aromatic N) is 4. The summed E-state index contributed by atoms with van der Waals surface area (Å²) in [6, 6.07) is 11.9. The van der Waals surface area contributed by atoms with E-state index in [2.05, 4.69) is 35.8 Å². The van der Waals surface area contributed by atoms with Crippen molar-refractivity contribution in [1.29, 1.82) is 0 Å². The van der Waals surface area contributed by atoms with Crippen LogP contribution in [0.4, 0.5) is 13.2 Å². The van der Waals surface area contributed by atoms with Crippen molar-refractivity contribution >= 4 is 28.6 Å². The summed E-state index contributed by atoms with van der Waals surface area (Å²) in [5.74, 6) is -1.66. The molecule has 0 unspecified atom stereocenters. The van der Waals surface area contributed by atoms with Crippen molar-refractivity contribution in [3.8, 4) is 28.7 Å². The average molecular weight is 510 g/mol. The Morgan fingerprint density at radius 1 is 1.14 bits per heavy atom. The van der Waals surface area contributed by atoms with Crippen LogP contribution in [0.5, 0.6) is 5.88 Å². The number of methoxy groups -OCH3 is 1. The van der Waals surface area contributed by atoms with Crippen LogP contribution in [-0.2, 0) is 17.3 Å². The molecule has 0 fully saturated rings. The van der Waals surface area contributed by atoms with Gasteiger partial charge in [-0.1, -0.05) is 62.7 Å². The van der Waals surface area contributed by atoms with Crippen LogP contribution in [0.2, 0.25) is 5.02 Å². The zero-order chi connectivity index (χ0) is 26.1. The van der Waals surface area contributed by atoms with Crippen LogP contribution in [0.15, 0.2) is 36.4 Å². The molecule has 0 aliphatic carbocycles. The maximum absolute atomic E-state index is 10.6. The number of hydrogen-bond acceptors (Lipinski definition) is 5. The van der Waals surface area contributed by atoms with Gasteiger partial charge >= 0.3 is 12.1 Å². The lowest BCUT2D eigenvalue weighted by atomic mass is 9.92. The van der Waals surface area contributed by atoms with E-state index in [-0.39, 0.29) is 5.41 Å². The van der Waals surface area contributed by atoms with Gasteiger partial charge in [0.2, 0.25) is 5.88 Å². The van der Waals surface area contributed by atoms with Crippen LogP contribution in [0, 0.1) is 0 Å². The van der Waals surface area contributed by atoms with E-state index < -0.39 is 12.1 Å². The second kappa shape index (κ2) is 9.57. The van der Waals surface area contributed by atoms with Crippen molar-refractivity contribution in [2.45, 2.75) is 32.4 Å². The molecule has 4 aromatic rings. The fourth-order valence-electron chi connectivity index (χ4n) is 3.23. The summed E-state index contributed by atoms with van der Waals surface area (Å²) >= 11 is 6.69. The first-order valence-electron chi connectivity index (χ1n) is 10.3. The molecule has 0 bridgehead atoms. The number of pyridine rings is 1. The maximum atomic E-state index is 10.6. The predicted molar refractivity (Wildman–Crippen MR) is 125 cm³/mol. The first-order chi connectivity index (χ1) is 16.2. The zero-order valence-corrected chi connectivity index (χ0v) is 20.3. The minimum Gasteiger partial charge on any atom is -0.479 e. The molecule has 0 saturated heterocycles. The highest BCUT2D eigenvalue weighted by atomic mass is 35.5. The molecule has 35 heavy (non-hydrogen) atoms. The monoisotopic (exact) mass is 509 g/mol. The van der Waals surface area contributed by atoms with Crippen LogP contribution in [0.1, 0.15) is 26.5 Å². The maximum Gasteiger partial charge on any atom is 0.490 e. The van der Waals surface area contributed by atoms with Crippen molar-refractivity contribution in [2.24, 2.45) is 7.05 Å². The lowest BCUT2D eigenvalue weighted by molar-refractivity contribution is -0.192. The number of fused-ring (bicyclic) bond motifs is 1. The molecular weight excluding hydrogens is 487 g/mol. The first kappa shape index (κ1) is 26.0. The molecule has 0 aliphatic heterocycles. The minimum atomic E-state index is -5.08. The molecule has 0 radical (unpaired) electrons. The summed E-state index contributed by atoms with van der Waals surface area (Å²) in [6.45, 7) is 6.26. The van der Waals surface area contributed by atoms with Gasteiger partial charge in [0.1, 0.15) is 5.69 Å². The number of aromatic amines is 1. The lowest BCUT2D eigenvalue weighted by Crippen LogP contribution is -2.21. The van der Waals surface area contributed by atoms with E-state index in [9.17, 15) is 13.2 Å². The summed E-state index contributed by atoms with van der Waals surface area (Å²) < 4.78 is 39.0. The number of nitrogens with one attached hydrogen (secondary N) is 1. The molecule has 0 spiro atoms. The number of carboxylic acid groups (broad SMARTS) is 1. The lowest BCUT2D eigenvalue weighted by Gasteiger charge is -2.15. The smallest absolute Gasteiger partial charge is 0.479 e. The summed E-state index contributed by atoms with van der Waals surface area (Å²) in [6.07, 6.45) is -5.08. The van der Waals surface area contributed by atoms with Gasteiger partial charge in [-0.3, -0.25) is 4.68 Å². The van der Waals surface area contributed by atoms with Gasteiger partial charge in [-0.25, -0.2) is 14.8 Å². The third kappa shape index (κ3) is 5.56. The number of hydrogen-bond donors (Lipinski definition) is 2. The number of benzene rings is 1. The quantitative estimate of drug-likeness (QED) is 0.371. The first-order valence-corrected chi connectivity index (χ1v) is 10.7. The Hall–Kier alpha value is -3.60. The van der Waals surface area contributed by atoms with Crippen molar-refractivity contribution in [2.75, 3.05) is 7.11 Å². The number of halogens is 4. The molecule has 0 amide bonds. The summed E-state index contributed by atoms with van der Waals surface area (Å²) in [5, 5.41) is 12.3. The molecule has 3 aromatic heterocycles. The number of H-pyrrole nitrogens is 1. The van der Waals surface area contributed by atoms with E-state index in [0.29, 0.717) is 22.2 Å². The Kier molecular flexibility index (Phi) is 7.11. The minimum absolute atomic E-state index is 0.168. The molecule has 186 valence electrons. The van der Waals surface area contributed by atoms with Crippen molar-refractivity contribution in [1.82, 2.24) is 24.7 Å². The zero-order valence-electron chi connectivity index (χ0n) is 19.5. The fourth-order valence-corrected chi connectivity index (χ4v) is 3.76. The fraction of sp³-hybridized carbons (Fsp3) is 0.304. The van der Waals surface area contributed by atoms with Gasteiger partial charge in [0.05, 0.1) is 29.0 Å². The number of carboxylic acids is 1. The molecule has 12 heteroatoms. The predicted octanol–water partition coefficient (Wildman–Crippen LogP) is 5.62. The molecule has 0 saturated carbocycles. The highest BCUT2D eigenvalue weighted by Crippen LogP contribution is 2.37. The average Bonchev–Trinajstić information content (AvgIpc) is 3.33. The van der Waals surface area contributed by atoms with Crippen LogP contribution in [0.25, 0.3) is 33.8 Å². The third-order valence-corrected chi connectivity index (χ3v) is 5.22. The summed E-state index contributed by atoms with van der Waals surface area (Å²) in [5.41, 5.74) is 4.72. The number of alkyl halides is 3. The summed E-state index contributed by atoms with van der Waals surface area (Å²) in [7, 11) is 3.47. The normalized spacial score (nSPS) is 11.8. The van der Waals surface area contributed by atoms with Gasteiger partial charge in [0, 0.05) is 18.0 Å². The van der Waals surface area contributed by atoms with Gasteiger partial charge < -0.3 is 14.8 Å². The molecule has 0 aliphatic rings. The number of imidazole rings is 1. The highest BCUT2D eigenvalue weighted by Gasteiger charge is 2.38. The Morgan fingerprint density at radius 3 is 2.23 bits per heavy atom. The third-order valence-electron chi connectivity index (χ3n) is 4.87. The molecule has 4 rings (SSSR count). The van der Waals surface area contributed by atoms with Gasteiger partial charge in [0.15, 0.2) is 11.3 Å². The largest absolute Gasteiger partial charge is 0.490 e. The Labute approximate surface area is 203 Å². The number of aliphatic carboxylic acids is 1. The van der Waals surface area contributed by atoms with Crippen molar-refractivity contribution in [3.63, 3.8) is 0 Å². The number of aromatic nitrogens is 5. The Morgan fingerprint density at radius 2 is 1.74 bits per heavy atom. The Balaban J connectivity index is 0.000000429. The summed E-state index contributed by atoms with van der Waals surface area (Å²) in [4.78, 5) is 21.6. The molecular formula is C23H23ClF3N5O3. The van der Waals surface area contributed by atoms with Gasteiger partial charge in [-0.2, -0.15) is 18.3 Å². The van der Waals surface area contributed by atoms with Crippen LogP contribution in [0.3, 0.4) is 0 Å². The molecule has 1 aromatic carbocycles. The number of carbonyl (C=O) groups is 1. The number of aryl methyl sites for hydroxylation is 1. The van der Waals surface area contributed by atoms with Crippen LogP contribution < -0.4 is 4.74 Å². The molecule has 0 atom stereocenters. The second-order valence-electron chi connectivity index (χ2n) is 8.55. The SMILES string of the molecule is COc1nc(-c2ccccc2)cc2[nH]c(-c3c(Cl)c(C(C)(C)C)nn3C)nc12.O=C(O)C(F)(F)F. The van der Waals surface area contributed by atoms with Crippen molar-refractivity contribution in [3.05, 3.63) is 47.1 Å². The van der Waals surface area contributed by atoms with Crippen molar-refractivity contribution < 1.29 is 27.8 Å². The van der Waals surface area contributed by atoms with Gasteiger partial charge in [-0.05, 0) is 6.07 Å². The van der Waals surface area contributed by atoms with Gasteiger partial charge in [0.25, 0.3) is 0 Å². The molecule has 2 N–H and O–H groups in total. The van der Waals surface area contributed by atoms with E-state index in [1.807, 2.05) is 43.4 Å². The highest BCUT2D eigenvalue weighted by molar-refractivity contribution is 6.33. The van der Waals surface area contributed by atoms with E-state index in [1.165, 1.54) is 0 Å². The second-order valence-corrected chi connectivity index (χ2v) is 8.93.